The van der Waals surface area contributed by atoms with Gasteiger partial charge in [0.25, 0.3) is 0 Å². The molecular weight excluding hydrogens is 351 g/mol. The maximum absolute atomic E-state index is 9.73. The largest absolute Gasteiger partial charge is 0.392 e. The molecule has 4 heteroatoms. The van der Waals surface area contributed by atoms with E-state index in [1.165, 1.54) is 0 Å². The van der Waals surface area contributed by atoms with Gasteiger partial charge in [0.05, 0.1) is 46.6 Å². The topological polar surface area (TPSA) is 47.3 Å². The summed E-state index contributed by atoms with van der Waals surface area (Å²) in [6, 6.07) is 8.56. The molecule has 0 saturated heterocycles. The van der Waals surface area contributed by atoms with Gasteiger partial charge < -0.3 is 8.22 Å². The number of nitrogens with zero attached hydrogens (tertiary/aromatic N) is 2. The molecule has 0 fully saturated rings. The number of hydrogen-bond acceptors (Lipinski definition) is 3. The molecule has 0 spiro atoms. The van der Waals surface area contributed by atoms with Gasteiger partial charge in [0.1, 0.15) is 0 Å². The average molecular weight is 370 g/mol. The number of benzene rings is 1. The molecule has 1 heterocycles. The van der Waals surface area contributed by atoms with Gasteiger partial charge in [0, 0.05) is 6.54 Å². The molecule has 1 atom stereocenters. The minimum Gasteiger partial charge on any atom is -0.392 e. The third kappa shape index (κ3) is 2.72. The maximum atomic E-state index is 9.73. The zero-order valence-electron chi connectivity index (χ0n) is 11.2. The zero-order valence-corrected chi connectivity index (χ0v) is 13.4. The van der Waals surface area contributed by atoms with E-state index in [2.05, 4.69) is 39.0 Å². The van der Waals surface area contributed by atoms with Gasteiger partial charge in [-0.3, -0.25) is 0 Å². The highest BCUT2D eigenvalue weighted by Gasteiger charge is 2.38. The molecular formula is C15H19IN2O. The Hall–Kier alpha value is -0.800. The number of nitriles is 1. The Kier molecular flexibility index (Phi) is 4.69. The summed E-state index contributed by atoms with van der Waals surface area (Å²) in [5.41, 5.74) is 2.73. The van der Waals surface area contributed by atoms with Gasteiger partial charge in [-0.05, 0) is 36.1 Å². The van der Waals surface area contributed by atoms with Gasteiger partial charge >= 0.3 is 0 Å². The predicted octanol–water partition coefficient (Wildman–Crippen LogP) is 3.69. The predicted molar refractivity (Wildman–Crippen MR) is 85.2 cm³/mol. The van der Waals surface area contributed by atoms with E-state index in [0.717, 1.165) is 49.0 Å². The number of halogens is 1. The number of unbranched alkanes of at least 4 members (excludes halogenated alkanes) is 1. The van der Waals surface area contributed by atoms with Crippen LogP contribution < -0.4 is 3.11 Å². The summed E-state index contributed by atoms with van der Waals surface area (Å²) in [5.74, 6) is 0. The fourth-order valence-corrected chi connectivity index (χ4v) is 3.39. The number of anilines is 1. The molecule has 1 aliphatic rings. The molecule has 3 nitrogen and oxygen atoms in total. The normalized spacial score (nSPS) is 21.9. The minimum atomic E-state index is -0.377. The summed E-state index contributed by atoms with van der Waals surface area (Å²) >= 11 is 2.30. The minimum absolute atomic E-state index is 0.0316. The van der Waals surface area contributed by atoms with Crippen LogP contribution in [-0.4, -0.2) is 11.7 Å². The van der Waals surface area contributed by atoms with Crippen molar-refractivity contribution in [2.24, 2.45) is 0 Å². The van der Waals surface area contributed by atoms with E-state index in [9.17, 15) is 10.4 Å². The van der Waals surface area contributed by atoms with Crippen molar-refractivity contribution in [3.8, 4) is 6.07 Å². The van der Waals surface area contributed by atoms with Crippen LogP contribution in [0, 0.1) is 11.3 Å². The zero-order chi connectivity index (χ0) is 13.9. The summed E-state index contributed by atoms with van der Waals surface area (Å²) in [4.78, 5) is 0. The molecule has 0 saturated carbocycles. The third-order valence-electron chi connectivity index (χ3n) is 3.93. The highest BCUT2D eigenvalue weighted by molar-refractivity contribution is 14.1. The lowest BCUT2D eigenvalue weighted by Gasteiger charge is -2.37. The van der Waals surface area contributed by atoms with Crippen molar-refractivity contribution in [2.75, 3.05) is 9.66 Å². The van der Waals surface area contributed by atoms with Crippen molar-refractivity contribution in [1.82, 2.24) is 0 Å². The Morgan fingerprint density at radius 1 is 1.53 bits per heavy atom. The first-order valence-electron chi connectivity index (χ1n) is 6.75. The van der Waals surface area contributed by atoms with E-state index in [4.69, 9.17) is 0 Å². The second kappa shape index (κ2) is 6.10. The monoisotopic (exact) mass is 370 g/mol. The number of hydrogen-bond donors (Lipinski definition) is 1. The maximum Gasteiger partial charge on any atom is 0.0859 e. The van der Waals surface area contributed by atoms with Crippen LogP contribution >= 0.6 is 22.9 Å². The molecule has 0 aromatic heterocycles. The van der Waals surface area contributed by atoms with Crippen molar-refractivity contribution in [3.63, 3.8) is 0 Å². The fourth-order valence-electron chi connectivity index (χ4n) is 2.73. The molecule has 0 amide bonds. The molecule has 1 aliphatic heterocycles. The molecule has 2 rings (SSSR count). The summed E-state index contributed by atoms with van der Waals surface area (Å²) in [5, 5.41) is 19.1. The highest BCUT2D eigenvalue weighted by atomic mass is 127. The lowest BCUT2D eigenvalue weighted by Crippen LogP contribution is -2.35. The van der Waals surface area contributed by atoms with Gasteiger partial charge in [0.15, 0.2) is 0 Å². The van der Waals surface area contributed by atoms with Crippen molar-refractivity contribution < 1.29 is 5.11 Å². The standard InChI is InChI=1S/C15H19IN2O/c1-2-3-6-15(11-17)7-8-18(16)14-5-4-12(10-19)9-13(14)15/h4-5,9,19H,2-3,6-8,10H2,1H3. The van der Waals surface area contributed by atoms with Crippen LogP contribution in [0.15, 0.2) is 18.2 Å². The van der Waals surface area contributed by atoms with Gasteiger partial charge in [-0.2, -0.15) is 5.26 Å². The van der Waals surface area contributed by atoms with Crippen LogP contribution in [0.4, 0.5) is 5.69 Å². The molecule has 19 heavy (non-hydrogen) atoms. The third-order valence-corrected chi connectivity index (χ3v) is 4.93. The average Bonchev–Trinajstić information content (AvgIpc) is 2.47. The van der Waals surface area contributed by atoms with Crippen LogP contribution in [0.3, 0.4) is 0 Å². The molecule has 1 aromatic carbocycles. The van der Waals surface area contributed by atoms with Gasteiger partial charge in [-0.15, -0.1) is 0 Å². The number of rotatable bonds is 4. The van der Waals surface area contributed by atoms with Crippen LogP contribution in [0.2, 0.25) is 0 Å². The molecule has 0 radical (unpaired) electrons. The van der Waals surface area contributed by atoms with Crippen molar-refractivity contribution in [3.05, 3.63) is 29.3 Å². The molecule has 1 N–H and O–H groups in total. The van der Waals surface area contributed by atoms with Crippen LogP contribution in [-0.2, 0) is 12.0 Å². The van der Waals surface area contributed by atoms with Crippen LogP contribution in [0.5, 0.6) is 0 Å². The van der Waals surface area contributed by atoms with Crippen molar-refractivity contribution >= 4 is 28.6 Å². The Morgan fingerprint density at radius 2 is 2.32 bits per heavy atom. The summed E-state index contributed by atoms with van der Waals surface area (Å²) < 4.78 is 2.18. The lowest BCUT2D eigenvalue weighted by molar-refractivity contribution is 0.281. The second-order valence-electron chi connectivity index (χ2n) is 5.14. The lowest BCUT2D eigenvalue weighted by atomic mass is 9.72. The smallest absolute Gasteiger partial charge is 0.0859 e. The first-order valence-corrected chi connectivity index (χ1v) is 7.72. The van der Waals surface area contributed by atoms with E-state index in [0.29, 0.717) is 0 Å². The van der Waals surface area contributed by atoms with Crippen LogP contribution in [0.25, 0.3) is 0 Å². The van der Waals surface area contributed by atoms with E-state index in [-0.39, 0.29) is 12.0 Å². The number of aliphatic hydroxyl groups is 1. The van der Waals surface area contributed by atoms with Crippen molar-refractivity contribution in [1.29, 1.82) is 5.26 Å². The summed E-state index contributed by atoms with van der Waals surface area (Å²) in [6.07, 6.45) is 3.95. The Bertz CT molecular complexity index is 497. The Morgan fingerprint density at radius 3 is 2.95 bits per heavy atom. The van der Waals surface area contributed by atoms with E-state index in [1.807, 2.05) is 18.2 Å². The fraction of sp³-hybridized carbons (Fsp3) is 0.533. The first kappa shape index (κ1) is 14.6. The van der Waals surface area contributed by atoms with Gasteiger partial charge in [-0.25, -0.2) is 0 Å². The second-order valence-corrected chi connectivity index (χ2v) is 6.31. The molecule has 0 bridgehead atoms. The molecule has 1 aromatic rings. The van der Waals surface area contributed by atoms with Crippen molar-refractivity contribution in [2.45, 2.75) is 44.6 Å². The Labute approximate surface area is 128 Å². The molecule has 0 aliphatic carbocycles. The quantitative estimate of drug-likeness (QED) is 0.650. The molecule has 102 valence electrons. The van der Waals surface area contributed by atoms with E-state index in [1.54, 1.807) is 0 Å². The summed E-state index contributed by atoms with van der Waals surface area (Å²) in [6.45, 7) is 3.09. The van der Waals surface area contributed by atoms with Crippen LogP contribution in [0.1, 0.15) is 43.7 Å². The summed E-state index contributed by atoms with van der Waals surface area (Å²) in [7, 11) is 0. The highest BCUT2D eigenvalue weighted by Crippen LogP contribution is 2.44. The van der Waals surface area contributed by atoms with Gasteiger partial charge in [0.2, 0.25) is 0 Å². The number of aliphatic hydroxyl groups excluding tert-OH is 1. The first-order chi connectivity index (χ1) is 9.16. The SMILES string of the molecule is CCCCC1(C#N)CCN(I)c2ccc(CO)cc21. The molecule has 1 unspecified atom stereocenters. The van der Waals surface area contributed by atoms with Gasteiger partial charge in [-0.1, -0.05) is 25.8 Å². The Balaban J connectivity index is 2.49. The van der Waals surface area contributed by atoms with E-state index >= 15 is 0 Å². The van der Waals surface area contributed by atoms with E-state index < -0.39 is 0 Å². The number of fused-ring (bicyclic) bond motifs is 1.